The van der Waals surface area contributed by atoms with Gasteiger partial charge >= 0.3 is 5.97 Å². The van der Waals surface area contributed by atoms with Crippen molar-refractivity contribution in [3.05, 3.63) is 82.0 Å². The molecule has 2 fully saturated rings. The van der Waals surface area contributed by atoms with E-state index in [1.165, 1.54) is 28.4 Å². The van der Waals surface area contributed by atoms with Crippen LogP contribution >= 0.6 is 35.1 Å². The highest BCUT2D eigenvalue weighted by Crippen LogP contribution is 2.41. The Hall–Kier alpha value is -3.41. The number of likely N-dealkylation sites (tertiary alicyclic amines) is 1. The fraction of sp³-hybridized carbons (Fsp3) is 0.259. The van der Waals surface area contributed by atoms with Gasteiger partial charge in [0.15, 0.2) is 0 Å². The second-order valence-electron chi connectivity index (χ2n) is 9.19. The second-order valence-corrected chi connectivity index (χ2v) is 11.8. The molecule has 3 aliphatic heterocycles. The van der Waals surface area contributed by atoms with Crippen molar-refractivity contribution in [2.24, 2.45) is 0 Å². The van der Waals surface area contributed by atoms with E-state index in [1.54, 1.807) is 53.4 Å². The Morgan fingerprint density at radius 2 is 1.95 bits per heavy atom. The SMILES string of the molecule is O=C(CSc1ccc(Cl)cc1)N[C@@H]1C(=O)N2C(C(=O)O)=C(C=C3CCN(Cc4cccc(O)c4)C3=O)CS[C@H]12. The van der Waals surface area contributed by atoms with Crippen LogP contribution in [0.2, 0.25) is 5.02 Å². The van der Waals surface area contributed by atoms with Crippen molar-refractivity contribution < 1.29 is 29.4 Å². The average Bonchev–Trinajstić information content (AvgIpc) is 3.24. The summed E-state index contributed by atoms with van der Waals surface area (Å²) in [5, 5.41) is 22.4. The average molecular weight is 586 g/mol. The van der Waals surface area contributed by atoms with Crippen LogP contribution < -0.4 is 5.32 Å². The predicted octanol–water partition coefficient (Wildman–Crippen LogP) is 3.24. The third kappa shape index (κ3) is 5.80. The Bertz CT molecular complexity index is 1410. The fourth-order valence-corrected chi connectivity index (χ4v) is 6.83. The minimum Gasteiger partial charge on any atom is -0.508 e. The first-order valence-electron chi connectivity index (χ1n) is 12.1. The maximum atomic E-state index is 13.0. The number of carboxylic acid groups (broad SMARTS) is 1. The van der Waals surface area contributed by atoms with Crippen molar-refractivity contribution in [1.29, 1.82) is 0 Å². The molecule has 0 saturated carbocycles. The number of β-lactam (4-membered cyclic amide) rings is 1. The Kier molecular flexibility index (Phi) is 7.92. The summed E-state index contributed by atoms with van der Waals surface area (Å²) in [6.45, 7) is 0.797. The molecule has 3 aliphatic rings. The van der Waals surface area contributed by atoms with Crippen molar-refractivity contribution >= 4 is 58.8 Å². The summed E-state index contributed by atoms with van der Waals surface area (Å²) >= 11 is 8.54. The highest BCUT2D eigenvalue weighted by Gasteiger charge is 2.54. The monoisotopic (exact) mass is 585 g/mol. The number of carboxylic acids is 1. The molecule has 9 nitrogen and oxygen atoms in total. The smallest absolute Gasteiger partial charge is 0.352 e. The lowest BCUT2D eigenvalue weighted by atomic mass is 10.0. The molecule has 39 heavy (non-hydrogen) atoms. The van der Waals surface area contributed by atoms with Gasteiger partial charge in [-0.3, -0.25) is 19.3 Å². The molecule has 0 aromatic heterocycles. The lowest BCUT2D eigenvalue weighted by Gasteiger charge is -2.49. The number of nitrogens with zero attached hydrogens (tertiary/aromatic N) is 2. The van der Waals surface area contributed by atoms with Gasteiger partial charge in [0.1, 0.15) is 22.9 Å². The van der Waals surface area contributed by atoms with Crippen LogP contribution in [0.15, 0.2) is 76.3 Å². The quantitative estimate of drug-likeness (QED) is 0.245. The van der Waals surface area contributed by atoms with E-state index >= 15 is 0 Å². The van der Waals surface area contributed by atoms with Crippen LogP contribution in [0, 0.1) is 0 Å². The van der Waals surface area contributed by atoms with E-state index in [0.29, 0.717) is 35.7 Å². The molecule has 3 amide bonds. The molecule has 0 unspecified atom stereocenters. The molecule has 2 saturated heterocycles. The van der Waals surface area contributed by atoms with Crippen LogP contribution in [-0.2, 0) is 25.7 Å². The molecular weight excluding hydrogens is 562 g/mol. The first-order chi connectivity index (χ1) is 18.7. The summed E-state index contributed by atoms with van der Waals surface area (Å²) in [5.74, 6) is -1.78. The van der Waals surface area contributed by atoms with Crippen molar-refractivity contribution in [2.75, 3.05) is 18.1 Å². The summed E-state index contributed by atoms with van der Waals surface area (Å²) in [6.07, 6.45) is 2.03. The summed E-state index contributed by atoms with van der Waals surface area (Å²) in [7, 11) is 0. The van der Waals surface area contributed by atoms with Gasteiger partial charge in [0.25, 0.3) is 5.91 Å². The standard InChI is InChI=1S/C27H24ClN3O6S2/c28-18-4-6-20(7-5-18)38-14-21(33)29-22-25(35)31-23(27(36)37)17(13-39-26(22)31)11-16-8-9-30(24(16)34)12-15-2-1-3-19(32)10-15/h1-7,10-11,22,26,32H,8-9,12-14H2,(H,29,33)(H,36,37)/t22-,26-/m1/s1. The summed E-state index contributed by atoms with van der Waals surface area (Å²) in [5.41, 5.74) is 1.50. The second kappa shape index (κ2) is 11.4. The van der Waals surface area contributed by atoms with Crippen LogP contribution in [0.1, 0.15) is 12.0 Å². The summed E-state index contributed by atoms with van der Waals surface area (Å²) in [4.78, 5) is 54.4. The Balaban J connectivity index is 1.25. The molecule has 3 heterocycles. The maximum absolute atomic E-state index is 13.0. The van der Waals surface area contributed by atoms with Gasteiger partial charge in [-0.25, -0.2) is 4.79 Å². The van der Waals surface area contributed by atoms with E-state index in [2.05, 4.69) is 5.32 Å². The van der Waals surface area contributed by atoms with Crippen molar-refractivity contribution in [1.82, 2.24) is 15.1 Å². The number of phenolic OH excluding ortho intramolecular Hbond substituents is 1. The zero-order valence-corrected chi connectivity index (χ0v) is 22.9. The third-order valence-corrected chi connectivity index (χ3v) is 9.11. The minimum absolute atomic E-state index is 0.100. The number of aromatic hydroxyl groups is 1. The molecule has 0 spiro atoms. The molecule has 2 aromatic carbocycles. The Morgan fingerprint density at radius 1 is 1.18 bits per heavy atom. The molecule has 0 aliphatic carbocycles. The molecule has 0 bridgehead atoms. The van der Waals surface area contributed by atoms with E-state index in [9.17, 15) is 29.4 Å². The number of aliphatic carboxylic acids is 1. The zero-order valence-electron chi connectivity index (χ0n) is 20.5. The molecular formula is C27H24ClN3O6S2. The first kappa shape index (κ1) is 27.2. The third-order valence-electron chi connectivity index (χ3n) is 6.55. The number of hydrogen-bond donors (Lipinski definition) is 3. The van der Waals surface area contributed by atoms with E-state index < -0.39 is 23.3 Å². The lowest BCUT2D eigenvalue weighted by Crippen LogP contribution is -2.70. The number of amides is 3. The number of allylic oxidation sites excluding steroid dienone is 1. The van der Waals surface area contributed by atoms with Gasteiger partial charge in [0.05, 0.1) is 5.75 Å². The van der Waals surface area contributed by atoms with Gasteiger partial charge in [0.2, 0.25) is 11.8 Å². The number of fused-ring (bicyclic) bond motifs is 1. The molecule has 202 valence electrons. The van der Waals surface area contributed by atoms with Gasteiger partial charge in [-0.2, -0.15) is 0 Å². The molecule has 2 aromatic rings. The normalized spacial score (nSPS) is 21.7. The summed E-state index contributed by atoms with van der Waals surface area (Å²) < 4.78 is 0. The van der Waals surface area contributed by atoms with E-state index in [-0.39, 0.29) is 34.8 Å². The van der Waals surface area contributed by atoms with E-state index in [0.717, 1.165) is 10.5 Å². The molecule has 5 rings (SSSR count). The number of halogens is 1. The number of benzene rings is 2. The number of nitrogens with one attached hydrogen (secondary N) is 1. The fourth-order valence-electron chi connectivity index (χ4n) is 4.69. The number of carbonyl (C=O) groups is 4. The maximum Gasteiger partial charge on any atom is 0.352 e. The van der Waals surface area contributed by atoms with E-state index in [1.807, 2.05) is 6.07 Å². The lowest BCUT2D eigenvalue weighted by molar-refractivity contribution is -0.150. The van der Waals surface area contributed by atoms with Crippen LogP contribution in [0.4, 0.5) is 0 Å². The van der Waals surface area contributed by atoms with Gasteiger partial charge in [-0.15, -0.1) is 23.5 Å². The van der Waals surface area contributed by atoms with Gasteiger partial charge in [-0.1, -0.05) is 23.7 Å². The molecule has 0 radical (unpaired) electrons. The minimum atomic E-state index is -1.26. The number of phenols is 1. The number of thioether (sulfide) groups is 2. The van der Waals surface area contributed by atoms with Crippen molar-refractivity contribution in [3.8, 4) is 5.75 Å². The van der Waals surface area contributed by atoms with Gasteiger partial charge in [0, 0.05) is 34.3 Å². The van der Waals surface area contributed by atoms with Crippen LogP contribution in [0.25, 0.3) is 0 Å². The van der Waals surface area contributed by atoms with Crippen LogP contribution in [0.3, 0.4) is 0 Å². The number of rotatable bonds is 8. The number of carbonyl (C=O) groups excluding carboxylic acids is 3. The Labute approximate surface area is 237 Å². The number of hydrogen-bond acceptors (Lipinski definition) is 7. The van der Waals surface area contributed by atoms with Gasteiger partial charge in [-0.05, 0) is 60.0 Å². The van der Waals surface area contributed by atoms with Crippen LogP contribution in [-0.4, -0.2) is 73.2 Å². The van der Waals surface area contributed by atoms with Crippen molar-refractivity contribution in [3.63, 3.8) is 0 Å². The molecule has 2 atom stereocenters. The first-order valence-corrected chi connectivity index (χ1v) is 14.5. The predicted molar refractivity (Wildman–Crippen MR) is 148 cm³/mol. The zero-order chi connectivity index (χ0) is 27.7. The Morgan fingerprint density at radius 3 is 2.67 bits per heavy atom. The highest BCUT2D eigenvalue weighted by atomic mass is 35.5. The van der Waals surface area contributed by atoms with Crippen LogP contribution in [0.5, 0.6) is 5.75 Å². The van der Waals surface area contributed by atoms with Crippen molar-refractivity contribution in [2.45, 2.75) is 29.3 Å². The van der Waals surface area contributed by atoms with Gasteiger partial charge < -0.3 is 20.4 Å². The summed E-state index contributed by atoms with van der Waals surface area (Å²) in [6, 6.07) is 12.9. The highest BCUT2D eigenvalue weighted by molar-refractivity contribution is 8.00. The molecule has 12 heteroatoms. The van der Waals surface area contributed by atoms with E-state index in [4.69, 9.17) is 11.6 Å². The molecule has 3 N–H and O–H groups in total. The topological polar surface area (TPSA) is 127 Å². The largest absolute Gasteiger partial charge is 0.508 e.